The standard InChI is InChI=1S/C11H15N2.3CH4.V/c1-12-7-3-5-10(12)9-11-6-4-8-13(11)2;;;;/h3-4,7-9H,5-6H2,1-2H3;3*1H4;/q+1;;;;. The molecular formula is C14H27N2V+. The number of nitrogens with zero attached hydrogens (tertiary/aromatic N) is 2. The van der Waals surface area contributed by atoms with E-state index < -0.39 is 0 Å². The molecule has 0 aliphatic carbocycles. The summed E-state index contributed by atoms with van der Waals surface area (Å²) in [6, 6.07) is 0. The second-order valence-electron chi connectivity index (χ2n) is 3.53. The van der Waals surface area contributed by atoms with Crippen LogP contribution in [0.15, 0.2) is 36.3 Å². The molecule has 0 aromatic rings. The molecule has 2 heterocycles. The minimum atomic E-state index is 0. The smallest absolute Gasteiger partial charge is 0.186 e. The molecule has 2 nitrogen and oxygen atoms in total. The Kier molecular flexibility index (Phi) is 11.8. The van der Waals surface area contributed by atoms with Crippen LogP contribution in [0.3, 0.4) is 0 Å². The number of rotatable bonds is 1. The molecule has 17 heavy (non-hydrogen) atoms. The van der Waals surface area contributed by atoms with E-state index in [0.717, 1.165) is 12.8 Å². The Labute approximate surface area is 119 Å². The summed E-state index contributed by atoms with van der Waals surface area (Å²) in [7, 11) is 4.19. The maximum atomic E-state index is 2.28. The first kappa shape index (κ1) is 21.5. The van der Waals surface area contributed by atoms with Crippen LogP contribution in [-0.4, -0.2) is 29.3 Å². The first-order chi connectivity index (χ1) is 6.27. The van der Waals surface area contributed by atoms with E-state index in [1.54, 1.807) is 0 Å². The van der Waals surface area contributed by atoms with E-state index in [1.807, 2.05) is 0 Å². The Morgan fingerprint density at radius 2 is 1.82 bits per heavy atom. The molecule has 2 aliphatic heterocycles. The Morgan fingerprint density at radius 1 is 1.18 bits per heavy atom. The molecule has 0 atom stereocenters. The fraction of sp³-hybridized carbons (Fsp3) is 0.500. The van der Waals surface area contributed by atoms with Crippen molar-refractivity contribution in [3.63, 3.8) is 0 Å². The van der Waals surface area contributed by atoms with Gasteiger partial charge in [0.2, 0.25) is 0 Å². The third-order valence-electron chi connectivity index (χ3n) is 2.55. The minimum Gasteiger partial charge on any atom is -0.354 e. The maximum absolute atomic E-state index is 2.28. The van der Waals surface area contributed by atoms with E-state index in [0.29, 0.717) is 0 Å². The Morgan fingerprint density at radius 3 is 2.24 bits per heavy atom. The van der Waals surface area contributed by atoms with E-state index >= 15 is 0 Å². The van der Waals surface area contributed by atoms with Crippen molar-refractivity contribution < 1.29 is 23.1 Å². The molecule has 0 N–H and O–H groups in total. The molecule has 2 aliphatic rings. The van der Waals surface area contributed by atoms with Gasteiger partial charge in [-0.15, -0.1) is 0 Å². The maximum Gasteiger partial charge on any atom is 0.186 e. The monoisotopic (exact) mass is 274 g/mol. The van der Waals surface area contributed by atoms with Crippen LogP contribution in [-0.2, 0) is 18.6 Å². The molecule has 0 aromatic carbocycles. The summed E-state index contributed by atoms with van der Waals surface area (Å²) in [4.78, 5) is 2.18. The molecule has 0 bridgehead atoms. The molecule has 0 saturated carbocycles. The van der Waals surface area contributed by atoms with Gasteiger partial charge in [-0.05, 0) is 12.3 Å². The van der Waals surface area contributed by atoms with Crippen molar-refractivity contribution in [1.29, 1.82) is 0 Å². The molecule has 0 saturated heterocycles. The third-order valence-corrected chi connectivity index (χ3v) is 2.55. The van der Waals surface area contributed by atoms with Crippen LogP contribution < -0.4 is 0 Å². The van der Waals surface area contributed by atoms with Gasteiger partial charge in [0.25, 0.3) is 0 Å². The van der Waals surface area contributed by atoms with Gasteiger partial charge in [0.1, 0.15) is 7.05 Å². The quantitative estimate of drug-likeness (QED) is 0.662. The van der Waals surface area contributed by atoms with Crippen LogP contribution in [0, 0.1) is 0 Å². The number of allylic oxidation sites excluding steroid dienone is 3. The normalized spacial score (nSPS) is 18.5. The fourth-order valence-corrected chi connectivity index (χ4v) is 1.66. The SMILES string of the molecule is C.C.C.CN1C=CCC1=CC1=[N+](C)C=CC1.[V]. The van der Waals surface area contributed by atoms with E-state index in [-0.39, 0.29) is 40.8 Å². The van der Waals surface area contributed by atoms with Crippen molar-refractivity contribution in [3.05, 3.63) is 36.3 Å². The van der Waals surface area contributed by atoms with Gasteiger partial charge in [0.05, 0.1) is 6.42 Å². The van der Waals surface area contributed by atoms with Crippen molar-refractivity contribution in [1.82, 2.24) is 4.90 Å². The first-order valence-electron chi connectivity index (χ1n) is 4.63. The van der Waals surface area contributed by atoms with Crippen molar-refractivity contribution >= 4 is 5.71 Å². The van der Waals surface area contributed by atoms with E-state index in [2.05, 4.69) is 54.2 Å². The molecule has 0 fully saturated rings. The molecule has 2 rings (SSSR count). The van der Waals surface area contributed by atoms with Crippen molar-refractivity contribution in [3.8, 4) is 0 Å². The Hall–Kier alpha value is -0.726. The topological polar surface area (TPSA) is 6.25 Å². The Bertz CT molecular complexity index is 338. The summed E-state index contributed by atoms with van der Waals surface area (Å²) >= 11 is 0. The van der Waals surface area contributed by atoms with Crippen molar-refractivity contribution in [2.45, 2.75) is 35.1 Å². The molecule has 0 aromatic heterocycles. The number of hydrogen-bond donors (Lipinski definition) is 0. The third kappa shape index (κ3) is 4.97. The molecule has 1 radical (unpaired) electrons. The largest absolute Gasteiger partial charge is 0.354 e. The van der Waals surface area contributed by atoms with Crippen LogP contribution in [0.1, 0.15) is 35.1 Å². The van der Waals surface area contributed by atoms with Gasteiger partial charge in [-0.3, -0.25) is 0 Å². The zero-order valence-electron chi connectivity index (χ0n) is 8.64. The molecule has 0 spiro atoms. The van der Waals surface area contributed by atoms with Gasteiger partial charge in [0.15, 0.2) is 11.9 Å². The molecule has 3 heteroatoms. The average molecular weight is 274 g/mol. The van der Waals surface area contributed by atoms with Gasteiger partial charge in [-0.1, -0.05) is 28.4 Å². The van der Waals surface area contributed by atoms with Gasteiger partial charge in [-0.25, -0.2) is 4.58 Å². The average Bonchev–Trinajstić information content (AvgIpc) is 2.65. The predicted octanol–water partition coefficient (Wildman–Crippen LogP) is 3.63. The first-order valence-corrected chi connectivity index (χ1v) is 4.63. The summed E-state index contributed by atoms with van der Waals surface area (Å²) in [5.74, 6) is 0. The van der Waals surface area contributed by atoms with E-state index in [1.165, 1.54) is 11.4 Å². The Balaban J connectivity index is -0.000000490. The zero-order valence-corrected chi connectivity index (χ0v) is 10.0. The molecule has 0 amide bonds. The van der Waals surface area contributed by atoms with Crippen LogP contribution in [0.2, 0.25) is 0 Å². The van der Waals surface area contributed by atoms with Crippen LogP contribution in [0.4, 0.5) is 0 Å². The summed E-state index contributed by atoms with van der Waals surface area (Å²) < 4.78 is 2.18. The second kappa shape index (κ2) is 9.32. The number of hydrogen-bond acceptors (Lipinski definition) is 1. The zero-order chi connectivity index (χ0) is 9.26. The van der Waals surface area contributed by atoms with E-state index in [9.17, 15) is 0 Å². The summed E-state index contributed by atoms with van der Waals surface area (Å²) in [6.45, 7) is 0. The van der Waals surface area contributed by atoms with Crippen molar-refractivity contribution in [2.75, 3.05) is 14.1 Å². The van der Waals surface area contributed by atoms with Gasteiger partial charge >= 0.3 is 0 Å². The minimum absolute atomic E-state index is 0. The predicted molar refractivity (Wildman–Crippen MR) is 74.7 cm³/mol. The fourth-order valence-electron chi connectivity index (χ4n) is 1.66. The molecule has 97 valence electrons. The van der Waals surface area contributed by atoms with E-state index in [4.69, 9.17) is 0 Å². The van der Waals surface area contributed by atoms with Gasteiger partial charge in [-0.2, -0.15) is 0 Å². The van der Waals surface area contributed by atoms with Crippen molar-refractivity contribution in [2.24, 2.45) is 0 Å². The summed E-state index contributed by atoms with van der Waals surface area (Å²) in [5, 5.41) is 0. The van der Waals surface area contributed by atoms with Crippen LogP contribution >= 0.6 is 0 Å². The second-order valence-corrected chi connectivity index (χ2v) is 3.53. The van der Waals surface area contributed by atoms with Crippen LogP contribution in [0.25, 0.3) is 0 Å². The van der Waals surface area contributed by atoms with Crippen LogP contribution in [0.5, 0.6) is 0 Å². The molecule has 0 unspecified atom stereocenters. The van der Waals surface area contributed by atoms with Gasteiger partial charge < -0.3 is 4.90 Å². The van der Waals surface area contributed by atoms with Gasteiger partial charge in [0, 0.05) is 43.8 Å². The summed E-state index contributed by atoms with van der Waals surface area (Å²) in [5.41, 5.74) is 2.76. The summed E-state index contributed by atoms with van der Waals surface area (Å²) in [6.07, 6.45) is 13.0. The molecular weight excluding hydrogens is 247 g/mol.